The van der Waals surface area contributed by atoms with Gasteiger partial charge in [-0.3, -0.25) is 29.4 Å². The molecule has 10 atom stereocenters. The first-order chi connectivity index (χ1) is 26.4. The molecule has 0 aliphatic carbocycles. The molecule has 0 amide bonds. The molecule has 10 nitrogen and oxygen atoms in total. The minimum atomic E-state index is -0.496. The Kier molecular flexibility index (Phi) is 8.98. The second-order valence-corrected chi connectivity index (χ2v) is 15.7. The summed E-state index contributed by atoms with van der Waals surface area (Å²) >= 11 is 0. The number of nitrogens with zero attached hydrogens (tertiary/aromatic N) is 4. The van der Waals surface area contributed by atoms with Gasteiger partial charge >= 0.3 is 0 Å². The third-order valence-electron chi connectivity index (χ3n) is 13.1. The van der Waals surface area contributed by atoms with E-state index in [9.17, 15) is 9.59 Å². The molecule has 11 rings (SSSR count). The van der Waals surface area contributed by atoms with Gasteiger partial charge in [-0.15, -0.1) is 13.2 Å². The van der Waals surface area contributed by atoms with Crippen LogP contribution in [0.4, 0.5) is 11.4 Å². The van der Waals surface area contributed by atoms with E-state index >= 15 is 0 Å². The van der Waals surface area contributed by atoms with E-state index in [0.29, 0.717) is 23.2 Å². The molecule has 5 aromatic rings. The molecule has 0 spiro atoms. The second-order valence-electron chi connectivity index (χ2n) is 15.7. The Labute approximate surface area is 315 Å². The third-order valence-corrected chi connectivity index (χ3v) is 13.1. The molecule has 6 unspecified atom stereocenters. The average Bonchev–Trinajstić information content (AvgIpc) is 3.24. The van der Waals surface area contributed by atoms with Crippen molar-refractivity contribution in [3.8, 4) is 11.5 Å². The highest BCUT2D eigenvalue weighted by molar-refractivity contribution is 5.87. The van der Waals surface area contributed by atoms with Crippen LogP contribution in [0, 0.1) is 11.8 Å². The molecule has 0 saturated carbocycles. The van der Waals surface area contributed by atoms with Crippen molar-refractivity contribution >= 4 is 33.2 Å². The number of hydrogen-bond donors (Lipinski definition) is 2. The van der Waals surface area contributed by atoms with Crippen molar-refractivity contribution in [3.05, 3.63) is 118 Å². The summed E-state index contributed by atoms with van der Waals surface area (Å²) in [6, 6.07) is 15.9. The zero-order valence-corrected chi connectivity index (χ0v) is 31.0. The van der Waals surface area contributed by atoms with Crippen LogP contribution in [0.3, 0.4) is 0 Å². The zero-order valence-electron chi connectivity index (χ0n) is 31.0. The molecule has 6 aliphatic rings. The number of benzene rings is 2. The average molecular weight is 725 g/mol. The molecule has 6 aliphatic heterocycles. The molecule has 4 bridgehead atoms. The van der Waals surface area contributed by atoms with Gasteiger partial charge in [-0.05, 0) is 123 Å². The van der Waals surface area contributed by atoms with Crippen molar-refractivity contribution in [1.82, 2.24) is 19.8 Å². The van der Waals surface area contributed by atoms with Crippen LogP contribution in [0.15, 0.2) is 95.8 Å². The molecule has 54 heavy (non-hydrogen) atoms. The maximum atomic E-state index is 13.9. The van der Waals surface area contributed by atoms with Crippen molar-refractivity contribution in [2.24, 2.45) is 11.8 Å². The van der Waals surface area contributed by atoms with Gasteiger partial charge in [-0.1, -0.05) is 12.2 Å². The summed E-state index contributed by atoms with van der Waals surface area (Å²) in [5.74, 6) is 2.57. The smallest absolute Gasteiger partial charge is 0.253 e. The van der Waals surface area contributed by atoms with Crippen LogP contribution in [0.2, 0.25) is 0 Å². The summed E-state index contributed by atoms with van der Waals surface area (Å²) in [5, 5.41) is 9.39. The Morgan fingerprint density at radius 1 is 0.685 bits per heavy atom. The number of fused-ring (bicyclic) bond motifs is 8. The molecule has 3 aromatic carbocycles. The normalized spacial score (nSPS) is 28.5. The summed E-state index contributed by atoms with van der Waals surface area (Å²) in [7, 11) is 3.33. The minimum absolute atomic E-state index is 0.0653. The highest BCUT2D eigenvalue weighted by Crippen LogP contribution is 2.46. The van der Waals surface area contributed by atoms with Crippen LogP contribution in [-0.2, 0) is 0 Å². The number of aromatic nitrogens is 2. The first-order valence-corrected chi connectivity index (χ1v) is 19.4. The van der Waals surface area contributed by atoms with Gasteiger partial charge in [-0.2, -0.15) is 0 Å². The first kappa shape index (κ1) is 34.7. The predicted molar refractivity (Wildman–Crippen MR) is 214 cm³/mol. The minimum Gasteiger partial charge on any atom is -0.497 e. The monoisotopic (exact) mass is 724 g/mol. The fourth-order valence-electron chi connectivity index (χ4n) is 10.3. The quantitative estimate of drug-likeness (QED) is 0.106. The number of pyridine rings is 2. The standard InChI is InChI=1S/C44H48N6O4/c1-5-27-19-25-13-17-49(27)37(21-25)39(31-11-15-45-35-9-7-29(53-3)23-33(31)35)47-41-42(44(52)43(41)51)48-40(38-22-26-14-18-50(38)28(6-2)20-26)32-12-16-46-36-10-8-30(54-4)24-34(32)36/h5-12,15-16,23-28,37-40,47-48H,1-2,13-14,17-22H2,3-4H3/t25?,26?,27?,28?,37-,38-,39+,40+/m0/s1. The molecule has 2 aromatic heterocycles. The number of nitrogens with one attached hydrogen (secondary N) is 2. The summed E-state index contributed by atoms with van der Waals surface area (Å²) in [6.07, 6.45) is 14.2. The highest BCUT2D eigenvalue weighted by atomic mass is 16.5. The van der Waals surface area contributed by atoms with Crippen LogP contribution < -0.4 is 31.0 Å². The Balaban J connectivity index is 1.16. The number of anilines is 2. The lowest BCUT2D eigenvalue weighted by Gasteiger charge is -2.53. The van der Waals surface area contributed by atoms with Crippen molar-refractivity contribution in [1.29, 1.82) is 0 Å². The van der Waals surface area contributed by atoms with Crippen LogP contribution >= 0.6 is 0 Å². The van der Waals surface area contributed by atoms with Crippen molar-refractivity contribution in [2.75, 3.05) is 37.9 Å². The summed E-state index contributed by atoms with van der Waals surface area (Å²) in [6.45, 7) is 10.3. The topological polar surface area (TPSA) is 109 Å². The van der Waals surface area contributed by atoms with Crippen LogP contribution in [0.5, 0.6) is 11.5 Å². The third kappa shape index (κ3) is 5.78. The van der Waals surface area contributed by atoms with Gasteiger partial charge in [0.25, 0.3) is 10.9 Å². The van der Waals surface area contributed by atoms with E-state index in [1.54, 1.807) is 14.2 Å². The van der Waals surface area contributed by atoms with Crippen molar-refractivity contribution < 1.29 is 9.47 Å². The largest absolute Gasteiger partial charge is 0.497 e. The van der Waals surface area contributed by atoms with E-state index in [2.05, 4.69) is 55.7 Å². The molecule has 6 saturated heterocycles. The van der Waals surface area contributed by atoms with Crippen molar-refractivity contribution in [2.45, 2.75) is 74.8 Å². The fourth-order valence-corrected chi connectivity index (χ4v) is 10.3. The zero-order chi connectivity index (χ0) is 37.1. The van der Waals surface area contributed by atoms with Crippen LogP contribution in [0.1, 0.15) is 61.7 Å². The molecule has 8 heterocycles. The van der Waals surface area contributed by atoms with Gasteiger partial charge in [0.05, 0.1) is 37.3 Å². The van der Waals surface area contributed by atoms with Gasteiger partial charge in [0, 0.05) is 47.3 Å². The van der Waals surface area contributed by atoms with E-state index < -0.39 is 10.9 Å². The second kappa shape index (κ2) is 14.0. The van der Waals surface area contributed by atoms with E-state index in [1.165, 1.54) is 0 Å². The fraction of sp³-hybridized carbons (Fsp3) is 0.409. The van der Waals surface area contributed by atoms with E-state index in [0.717, 1.165) is 96.0 Å². The van der Waals surface area contributed by atoms with Crippen molar-refractivity contribution in [3.63, 3.8) is 0 Å². The summed E-state index contributed by atoms with van der Waals surface area (Å²) in [5.41, 5.74) is 3.42. The number of ether oxygens (including phenoxy) is 2. The Morgan fingerprint density at radius 3 is 1.52 bits per heavy atom. The van der Waals surface area contributed by atoms with Gasteiger partial charge in [0.15, 0.2) is 0 Å². The maximum absolute atomic E-state index is 13.9. The predicted octanol–water partition coefficient (Wildman–Crippen LogP) is 6.78. The summed E-state index contributed by atoms with van der Waals surface area (Å²) < 4.78 is 11.3. The Bertz CT molecular complexity index is 2160. The Morgan fingerprint density at radius 2 is 1.13 bits per heavy atom. The van der Waals surface area contributed by atoms with E-state index in [1.807, 2.05) is 60.9 Å². The van der Waals surface area contributed by atoms with Gasteiger partial charge in [-0.25, -0.2) is 0 Å². The maximum Gasteiger partial charge on any atom is 0.253 e. The number of hydrogen-bond acceptors (Lipinski definition) is 10. The lowest BCUT2D eigenvalue weighted by molar-refractivity contribution is 0.00783. The molecule has 2 N–H and O–H groups in total. The van der Waals surface area contributed by atoms with Crippen LogP contribution in [0.25, 0.3) is 21.8 Å². The number of methoxy groups -OCH3 is 2. The lowest BCUT2D eigenvalue weighted by atomic mass is 9.75. The van der Waals surface area contributed by atoms with E-state index in [4.69, 9.17) is 9.47 Å². The van der Waals surface area contributed by atoms with Gasteiger partial charge in [0.2, 0.25) is 0 Å². The molecule has 278 valence electrons. The molecule has 0 radical (unpaired) electrons. The molecule has 6 fully saturated rings. The van der Waals surface area contributed by atoms with Gasteiger partial charge < -0.3 is 20.1 Å². The molecule has 10 heteroatoms. The lowest BCUT2D eigenvalue weighted by Crippen LogP contribution is -2.58. The van der Waals surface area contributed by atoms with E-state index in [-0.39, 0.29) is 36.3 Å². The summed E-state index contributed by atoms with van der Waals surface area (Å²) in [4.78, 5) is 42.2. The molecular weight excluding hydrogens is 677 g/mol. The molecular formula is C44H48N6O4. The first-order valence-electron chi connectivity index (χ1n) is 19.4. The highest BCUT2D eigenvalue weighted by Gasteiger charge is 2.46. The SMILES string of the molecule is C=CC1CC2CCN1[C@H]([C@H](Nc1c(N[C@H](c3ccnc4ccc(OC)cc34)[C@@H]3CC4CCN3C(C=C)C4)c(=O)c1=O)c1ccnc3ccc(OC)cc13)C2. The number of piperidine rings is 6. The van der Waals surface area contributed by atoms with Crippen LogP contribution in [-0.4, -0.2) is 71.2 Å². The number of rotatable bonds is 12. The van der Waals surface area contributed by atoms with Gasteiger partial charge in [0.1, 0.15) is 22.9 Å². The Hall–Kier alpha value is -5.06.